The first-order chi connectivity index (χ1) is 14.7. The van der Waals surface area contributed by atoms with Crippen LogP contribution < -0.4 is 14.8 Å². The van der Waals surface area contributed by atoms with E-state index in [0.29, 0.717) is 0 Å². The van der Waals surface area contributed by atoms with Gasteiger partial charge in [0.2, 0.25) is 5.96 Å². The van der Waals surface area contributed by atoms with E-state index in [1.165, 1.54) is 32.1 Å². The van der Waals surface area contributed by atoms with Crippen molar-refractivity contribution in [3.63, 3.8) is 0 Å². The Bertz CT molecular complexity index is 1090. The number of methoxy groups -OCH3 is 2. The number of hydrogen-bond acceptors (Lipinski definition) is 3. The highest BCUT2D eigenvalue weighted by Gasteiger charge is 2.23. The van der Waals surface area contributed by atoms with Gasteiger partial charge < -0.3 is 19.7 Å². The second kappa shape index (κ2) is 8.66. The summed E-state index contributed by atoms with van der Waals surface area (Å²) in [4.78, 5) is 5.49. The normalized spacial score (nSPS) is 15.1. The number of rotatable bonds is 5. The number of allylic oxidation sites excluding steroid dienone is 1. The van der Waals surface area contributed by atoms with Gasteiger partial charge in [-0.2, -0.15) is 0 Å². The van der Waals surface area contributed by atoms with Crippen molar-refractivity contribution in [3.8, 4) is 11.5 Å². The van der Waals surface area contributed by atoms with Crippen LogP contribution in [0.15, 0.2) is 47.5 Å². The summed E-state index contributed by atoms with van der Waals surface area (Å²) in [5, 5.41) is 2.62. The summed E-state index contributed by atoms with van der Waals surface area (Å²) in [7, 11) is 2.61. The van der Waals surface area contributed by atoms with E-state index in [1.54, 1.807) is 0 Å². The Morgan fingerprint density at radius 1 is 1.00 bits per heavy atom. The Balaban J connectivity index is 2.07. The van der Waals surface area contributed by atoms with Gasteiger partial charge in [0.15, 0.2) is 40.6 Å². The lowest BCUT2D eigenvalue weighted by Gasteiger charge is -2.28. The molecule has 1 aliphatic rings. The van der Waals surface area contributed by atoms with Crippen LogP contribution in [0.3, 0.4) is 0 Å². The average molecular weight is 439 g/mol. The minimum absolute atomic E-state index is 0.00809. The zero-order valence-corrected chi connectivity index (χ0v) is 16.8. The van der Waals surface area contributed by atoms with Crippen LogP contribution in [-0.4, -0.2) is 25.1 Å². The third kappa shape index (κ3) is 4.32. The van der Waals surface area contributed by atoms with E-state index in [-0.39, 0.29) is 46.5 Å². The summed E-state index contributed by atoms with van der Waals surface area (Å²) in [5.41, 5.74) is 0.136. The van der Waals surface area contributed by atoms with Crippen molar-refractivity contribution >= 4 is 11.6 Å². The van der Waals surface area contributed by atoms with Crippen LogP contribution in [0.1, 0.15) is 11.1 Å². The lowest BCUT2D eigenvalue weighted by Crippen LogP contribution is -2.40. The van der Waals surface area contributed by atoms with Gasteiger partial charge in [-0.25, -0.2) is 26.9 Å². The van der Waals surface area contributed by atoms with Gasteiger partial charge in [-0.05, 0) is 24.6 Å². The fourth-order valence-electron chi connectivity index (χ4n) is 2.91. The van der Waals surface area contributed by atoms with E-state index < -0.39 is 29.1 Å². The van der Waals surface area contributed by atoms with E-state index in [9.17, 15) is 22.0 Å². The number of halogens is 5. The van der Waals surface area contributed by atoms with Gasteiger partial charge in [-0.1, -0.05) is 6.58 Å². The number of benzene rings is 2. The standard InChI is InChI=1S/C21H18F5N3O2/c1-10-16(7-17(30-3)20(31-4)18(10)25)28-21-27-11(2)15(24)9-29(21)8-12-5-13(22)19(26)14(23)6-12/h5-7,9H,2,8H2,1,3-4H3,(H,27,28). The Labute approximate surface area is 175 Å². The third-order valence-corrected chi connectivity index (χ3v) is 4.54. The molecule has 0 bridgehead atoms. The minimum Gasteiger partial charge on any atom is -0.493 e. The molecule has 1 aliphatic heterocycles. The van der Waals surface area contributed by atoms with Gasteiger partial charge >= 0.3 is 0 Å². The molecule has 0 atom stereocenters. The fourth-order valence-corrected chi connectivity index (χ4v) is 2.91. The fraction of sp³-hybridized carbons (Fsp3) is 0.190. The first kappa shape index (κ1) is 22.1. The maximum Gasteiger partial charge on any atom is 0.208 e. The molecule has 1 heterocycles. The second-order valence-corrected chi connectivity index (χ2v) is 6.59. The second-order valence-electron chi connectivity index (χ2n) is 6.59. The van der Waals surface area contributed by atoms with Crippen molar-refractivity contribution in [2.75, 3.05) is 14.2 Å². The molecule has 3 rings (SSSR count). The van der Waals surface area contributed by atoms with Crippen LogP contribution in [0.25, 0.3) is 0 Å². The maximum atomic E-state index is 14.7. The van der Waals surface area contributed by atoms with Crippen molar-refractivity contribution in [1.29, 1.82) is 0 Å². The van der Waals surface area contributed by atoms with Gasteiger partial charge in [0.05, 0.1) is 32.1 Å². The topological polar surface area (TPSA) is 46.1 Å². The van der Waals surface area contributed by atoms with Crippen LogP contribution in [0.2, 0.25) is 0 Å². The highest BCUT2D eigenvalue weighted by Crippen LogP contribution is 2.38. The summed E-state index contributed by atoms with van der Waals surface area (Å²) in [6.07, 6.45) is 1.00. The molecule has 164 valence electrons. The monoisotopic (exact) mass is 439 g/mol. The average Bonchev–Trinajstić information content (AvgIpc) is 2.72. The first-order valence-corrected chi connectivity index (χ1v) is 8.89. The summed E-state index contributed by atoms with van der Waals surface area (Å²) in [5.74, 6) is -5.87. The van der Waals surface area contributed by atoms with Crippen molar-refractivity contribution in [2.45, 2.75) is 13.5 Å². The smallest absolute Gasteiger partial charge is 0.208 e. The Kier molecular flexibility index (Phi) is 6.19. The zero-order valence-electron chi connectivity index (χ0n) is 16.8. The van der Waals surface area contributed by atoms with Gasteiger partial charge in [-0.3, -0.25) is 0 Å². The molecule has 2 aromatic rings. The SMILES string of the molecule is C=C1NC(=Nc2cc(OC)c(OC)c(F)c2C)N(Cc2cc(F)c(F)c(F)c2)C=C1F. The molecule has 10 heteroatoms. The van der Waals surface area contributed by atoms with Crippen molar-refractivity contribution in [3.05, 3.63) is 76.9 Å². The number of aliphatic imine (C=N–C) groups is 1. The largest absolute Gasteiger partial charge is 0.493 e. The van der Waals surface area contributed by atoms with Crippen LogP contribution in [0.5, 0.6) is 11.5 Å². The third-order valence-electron chi connectivity index (χ3n) is 4.54. The predicted molar refractivity (Wildman–Crippen MR) is 105 cm³/mol. The molecule has 0 unspecified atom stereocenters. The number of nitrogens with zero attached hydrogens (tertiary/aromatic N) is 2. The molecule has 1 N–H and O–H groups in total. The van der Waals surface area contributed by atoms with Gasteiger partial charge in [-0.15, -0.1) is 0 Å². The summed E-state index contributed by atoms with van der Waals surface area (Å²) >= 11 is 0. The molecule has 0 spiro atoms. The number of guanidine groups is 1. The van der Waals surface area contributed by atoms with Crippen molar-refractivity contribution in [2.24, 2.45) is 4.99 Å². The maximum absolute atomic E-state index is 14.7. The minimum atomic E-state index is -1.61. The lowest BCUT2D eigenvalue weighted by atomic mass is 10.1. The van der Waals surface area contributed by atoms with Crippen LogP contribution in [0, 0.1) is 30.2 Å². The summed E-state index contributed by atoms with van der Waals surface area (Å²) < 4.78 is 79.3. The van der Waals surface area contributed by atoms with E-state index in [2.05, 4.69) is 16.9 Å². The molecule has 0 aromatic heterocycles. The van der Waals surface area contributed by atoms with Crippen LogP contribution >= 0.6 is 0 Å². The summed E-state index contributed by atoms with van der Waals surface area (Å²) in [6, 6.07) is 2.98. The van der Waals surface area contributed by atoms with E-state index in [4.69, 9.17) is 9.47 Å². The molecule has 0 fully saturated rings. The quantitative estimate of drug-likeness (QED) is 0.527. The van der Waals surface area contributed by atoms with Crippen molar-refractivity contribution in [1.82, 2.24) is 10.2 Å². The molecule has 0 saturated heterocycles. The number of ether oxygens (including phenoxy) is 2. The first-order valence-electron chi connectivity index (χ1n) is 8.89. The predicted octanol–water partition coefficient (Wildman–Crippen LogP) is 4.99. The molecule has 0 radical (unpaired) electrons. The molecule has 5 nitrogen and oxygen atoms in total. The molecule has 31 heavy (non-hydrogen) atoms. The molecule has 2 aromatic carbocycles. The molecule has 0 aliphatic carbocycles. The van der Waals surface area contributed by atoms with E-state index in [1.807, 2.05) is 0 Å². The molecule has 0 amide bonds. The molecular weight excluding hydrogens is 421 g/mol. The van der Waals surface area contributed by atoms with Crippen LogP contribution in [0.4, 0.5) is 27.6 Å². The highest BCUT2D eigenvalue weighted by atomic mass is 19.2. The summed E-state index contributed by atoms with van der Waals surface area (Å²) in [6.45, 7) is 4.71. The zero-order chi connectivity index (χ0) is 22.9. The van der Waals surface area contributed by atoms with Gasteiger partial charge in [0.25, 0.3) is 0 Å². The Morgan fingerprint density at radius 3 is 2.23 bits per heavy atom. The number of nitrogens with one attached hydrogen (secondary N) is 1. The Hall–Kier alpha value is -3.56. The lowest BCUT2D eigenvalue weighted by molar-refractivity contribution is 0.337. The van der Waals surface area contributed by atoms with Crippen molar-refractivity contribution < 1.29 is 31.4 Å². The van der Waals surface area contributed by atoms with Crippen LogP contribution in [-0.2, 0) is 6.54 Å². The van der Waals surface area contributed by atoms with Gasteiger partial charge in [0.1, 0.15) is 0 Å². The number of hydrogen-bond donors (Lipinski definition) is 1. The Morgan fingerprint density at radius 2 is 1.65 bits per heavy atom. The van der Waals surface area contributed by atoms with E-state index >= 15 is 0 Å². The van der Waals surface area contributed by atoms with Gasteiger partial charge in [0, 0.05) is 17.8 Å². The molecular formula is C21H18F5N3O2. The molecule has 0 saturated carbocycles. The highest BCUT2D eigenvalue weighted by molar-refractivity contribution is 5.87. The van der Waals surface area contributed by atoms with E-state index in [0.717, 1.165) is 18.3 Å².